The van der Waals surface area contributed by atoms with E-state index in [-0.39, 0.29) is 31.0 Å². The molecule has 1 rings (SSSR count). The van der Waals surface area contributed by atoms with Crippen molar-refractivity contribution in [2.45, 2.75) is 52.6 Å². The number of rotatable bonds is 8. The van der Waals surface area contributed by atoms with E-state index in [1.165, 1.54) is 4.90 Å². The maximum Gasteiger partial charge on any atom is 0.238 e. The summed E-state index contributed by atoms with van der Waals surface area (Å²) in [5.41, 5.74) is 4.26. The molecule has 0 bridgehead atoms. The molecule has 0 aliphatic heterocycles. The van der Waals surface area contributed by atoms with Crippen molar-refractivity contribution >= 4 is 11.8 Å². The topological polar surface area (TPSA) is 104 Å². The van der Waals surface area contributed by atoms with Crippen molar-refractivity contribution < 1.29 is 19.8 Å². The van der Waals surface area contributed by atoms with Crippen LogP contribution in [0.2, 0.25) is 0 Å². The quantitative estimate of drug-likeness (QED) is 0.554. The fourth-order valence-corrected chi connectivity index (χ4v) is 2.72. The van der Waals surface area contributed by atoms with Gasteiger partial charge in [-0.05, 0) is 24.7 Å². The molecule has 0 heterocycles. The number of primary amides is 1. The fraction of sp³-hybridized carbons (Fsp3) is 0.867. The van der Waals surface area contributed by atoms with Crippen molar-refractivity contribution in [3.63, 3.8) is 0 Å². The smallest absolute Gasteiger partial charge is 0.238 e. The molecule has 4 N–H and O–H groups in total. The summed E-state index contributed by atoms with van der Waals surface area (Å²) >= 11 is 0. The first-order chi connectivity index (χ1) is 9.72. The Balaban J connectivity index is 3.18. The van der Waals surface area contributed by atoms with Gasteiger partial charge in [0.15, 0.2) is 0 Å². The SMILES string of the molecule is CC(C)C(CO)N(C(=O)C1(C(N)=O)CC1)C(CO)C(C)C. The Hall–Kier alpha value is -1.14. The van der Waals surface area contributed by atoms with Gasteiger partial charge in [-0.15, -0.1) is 0 Å². The molecule has 6 nitrogen and oxygen atoms in total. The molecule has 6 heteroatoms. The molecule has 122 valence electrons. The van der Waals surface area contributed by atoms with Crippen LogP contribution in [0.3, 0.4) is 0 Å². The molecule has 1 aliphatic carbocycles. The summed E-state index contributed by atoms with van der Waals surface area (Å²) in [6.45, 7) is 7.20. The van der Waals surface area contributed by atoms with Crippen molar-refractivity contribution in [3.8, 4) is 0 Å². The monoisotopic (exact) mass is 300 g/mol. The van der Waals surface area contributed by atoms with Crippen LogP contribution in [0.15, 0.2) is 0 Å². The highest BCUT2D eigenvalue weighted by Crippen LogP contribution is 2.48. The van der Waals surface area contributed by atoms with Gasteiger partial charge in [0.1, 0.15) is 5.41 Å². The number of aliphatic hydroxyl groups excluding tert-OH is 2. The summed E-state index contributed by atoms with van der Waals surface area (Å²) in [7, 11) is 0. The molecule has 1 saturated carbocycles. The number of carbonyl (C=O) groups excluding carboxylic acids is 2. The molecule has 0 spiro atoms. The highest BCUT2D eigenvalue weighted by Gasteiger charge is 2.58. The number of nitrogens with two attached hydrogens (primary N) is 1. The van der Waals surface area contributed by atoms with Crippen molar-refractivity contribution in [3.05, 3.63) is 0 Å². The predicted octanol–water partition coefficient (Wildman–Crippen LogP) is 0.114. The maximum atomic E-state index is 12.9. The number of nitrogens with zero attached hydrogens (tertiary/aromatic N) is 1. The van der Waals surface area contributed by atoms with Gasteiger partial charge in [-0.1, -0.05) is 27.7 Å². The molecule has 0 saturated heterocycles. The van der Waals surface area contributed by atoms with Gasteiger partial charge >= 0.3 is 0 Å². The third kappa shape index (κ3) is 3.37. The van der Waals surface area contributed by atoms with Gasteiger partial charge in [0.2, 0.25) is 11.8 Å². The summed E-state index contributed by atoms with van der Waals surface area (Å²) in [4.78, 5) is 26.0. The first-order valence-electron chi connectivity index (χ1n) is 7.57. The minimum atomic E-state index is -1.13. The largest absolute Gasteiger partial charge is 0.394 e. The zero-order chi connectivity index (χ0) is 16.4. The molecule has 0 aromatic heterocycles. The maximum absolute atomic E-state index is 12.9. The van der Waals surface area contributed by atoms with Crippen molar-refractivity contribution in [2.24, 2.45) is 23.0 Å². The van der Waals surface area contributed by atoms with E-state index < -0.39 is 23.4 Å². The van der Waals surface area contributed by atoms with Crippen LogP contribution in [0.25, 0.3) is 0 Å². The van der Waals surface area contributed by atoms with Crippen LogP contribution in [-0.4, -0.2) is 52.2 Å². The van der Waals surface area contributed by atoms with E-state index in [1.807, 2.05) is 27.7 Å². The van der Waals surface area contributed by atoms with Crippen LogP contribution >= 0.6 is 0 Å². The first-order valence-corrected chi connectivity index (χ1v) is 7.57. The van der Waals surface area contributed by atoms with E-state index in [4.69, 9.17) is 5.73 Å². The first kappa shape index (κ1) is 17.9. The third-order valence-corrected chi connectivity index (χ3v) is 4.49. The van der Waals surface area contributed by atoms with Gasteiger partial charge < -0.3 is 20.8 Å². The summed E-state index contributed by atoms with van der Waals surface area (Å²) in [6.07, 6.45) is 0.897. The molecule has 0 radical (unpaired) electrons. The Morgan fingerprint density at radius 1 is 1.05 bits per heavy atom. The van der Waals surface area contributed by atoms with Gasteiger partial charge in [0, 0.05) is 0 Å². The number of aliphatic hydroxyl groups is 2. The van der Waals surface area contributed by atoms with E-state index in [0.29, 0.717) is 12.8 Å². The van der Waals surface area contributed by atoms with Gasteiger partial charge in [-0.2, -0.15) is 0 Å². The summed E-state index contributed by atoms with van der Waals surface area (Å²) < 4.78 is 0. The van der Waals surface area contributed by atoms with E-state index >= 15 is 0 Å². The molecular weight excluding hydrogens is 272 g/mol. The third-order valence-electron chi connectivity index (χ3n) is 4.49. The van der Waals surface area contributed by atoms with Crippen molar-refractivity contribution in [1.82, 2.24) is 4.90 Å². The standard InChI is InChI=1S/C15H28N2O4/c1-9(2)11(7-18)17(12(8-19)10(3)4)14(21)15(5-6-15)13(16)20/h9-12,18-19H,5-8H2,1-4H3,(H2,16,20). The molecular formula is C15H28N2O4. The Morgan fingerprint density at radius 3 is 1.62 bits per heavy atom. The van der Waals surface area contributed by atoms with Gasteiger partial charge in [0.25, 0.3) is 0 Å². The Labute approximate surface area is 126 Å². The van der Waals surface area contributed by atoms with E-state index in [9.17, 15) is 19.8 Å². The highest BCUT2D eigenvalue weighted by molar-refractivity contribution is 6.07. The lowest BCUT2D eigenvalue weighted by atomic mass is 9.92. The number of hydrogen-bond acceptors (Lipinski definition) is 4. The van der Waals surface area contributed by atoms with E-state index in [1.54, 1.807) is 0 Å². The Kier molecular flexibility index (Phi) is 5.75. The van der Waals surface area contributed by atoms with Crippen LogP contribution in [0.4, 0.5) is 0 Å². The number of amides is 2. The molecule has 0 aromatic rings. The minimum Gasteiger partial charge on any atom is -0.394 e. The second-order valence-electron chi connectivity index (χ2n) is 6.65. The van der Waals surface area contributed by atoms with Crippen LogP contribution < -0.4 is 5.73 Å². The number of hydrogen-bond donors (Lipinski definition) is 3. The lowest BCUT2D eigenvalue weighted by molar-refractivity contribution is -0.151. The van der Waals surface area contributed by atoms with Crippen molar-refractivity contribution in [2.75, 3.05) is 13.2 Å². The van der Waals surface area contributed by atoms with Gasteiger partial charge in [-0.25, -0.2) is 0 Å². The predicted molar refractivity (Wildman–Crippen MR) is 79.1 cm³/mol. The lowest BCUT2D eigenvalue weighted by Crippen LogP contribution is -2.58. The van der Waals surface area contributed by atoms with Gasteiger partial charge in [0.05, 0.1) is 25.3 Å². The zero-order valence-electron chi connectivity index (χ0n) is 13.4. The molecule has 2 unspecified atom stereocenters. The van der Waals surface area contributed by atoms with E-state index in [0.717, 1.165) is 0 Å². The molecule has 2 amide bonds. The lowest BCUT2D eigenvalue weighted by Gasteiger charge is -2.42. The van der Waals surface area contributed by atoms with E-state index in [2.05, 4.69) is 0 Å². The molecule has 2 atom stereocenters. The summed E-state index contributed by atoms with van der Waals surface area (Å²) in [5, 5.41) is 19.3. The molecule has 1 aliphatic rings. The second kappa shape index (κ2) is 6.75. The average molecular weight is 300 g/mol. The highest BCUT2D eigenvalue weighted by atomic mass is 16.3. The normalized spacial score (nSPS) is 19.4. The fourth-order valence-electron chi connectivity index (χ4n) is 2.72. The molecule has 0 aromatic carbocycles. The molecule has 21 heavy (non-hydrogen) atoms. The second-order valence-corrected chi connectivity index (χ2v) is 6.65. The average Bonchev–Trinajstić information content (AvgIpc) is 3.18. The van der Waals surface area contributed by atoms with Crippen molar-refractivity contribution in [1.29, 1.82) is 0 Å². The summed E-state index contributed by atoms with van der Waals surface area (Å²) in [6, 6.07) is -0.872. The zero-order valence-corrected chi connectivity index (χ0v) is 13.4. The Bertz CT molecular complexity index is 375. The van der Waals surface area contributed by atoms with Crippen LogP contribution in [0.5, 0.6) is 0 Å². The van der Waals surface area contributed by atoms with Crippen LogP contribution in [0.1, 0.15) is 40.5 Å². The van der Waals surface area contributed by atoms with Crippen LogP contribution in [0, 0.1) is 17.3 Å². The Morgan fingerprint density at radius 2 is 1.43 bits per heavy atom. The molecule has 1 fully saturated rings. The van der Waals surface area contributed by atoms with Gasteiger partial charge in [-0.3, -0.25) is 9.59 Å². The van der Waals surface area contributed by atoms with Crippen LogP contribution in [-0.2, 0) is 9.59 Å². The minimum absolute atomic E-state index is 0.00965. The number of carbonyl (C=O) groups is 2. The summed E-state index contributed by atoms with van der Waals surface area (Å²) in [5.74, 6) is -0.945.